The molecule has 0 aliphatic carbocycles. The zero-order valence-electron chi connectivity index (χ0n) is 10.1. The summed E-state index contributed by atoms with van der Waals surface area (Å²) in [7, 11) is 0. The Hall–Kier alpha value is -1.39. The van der Waals surface area contributed by atoms with Crippen LogP contribution in [0.15, 0.2) is 30.5 Å². The van der Waals surface area contributed by atoms with Gasteiger partial charge in [0.25, 0.3) is 0 Å². The Morgan fingerprint density at radius 1 is 1.11 bits per heavy atom. The van der Waals surface area contributed by atoms with E-state index in [1.807, 2.05) is 30.5 Å². The Balaban J connectivity index is 0.00000120. The molecule has 0 amide bonds. The van der Waals surface area contributed by atoms with E-state index in [2.05, 4.69) is 14.9 Å². The number of halogens is 1. The van der Waals surface area contributed by atoms with Crippen molar-refractivity contribution >= 4 is 29.3 Å². The van der Waals surface area contributed by atoms with Crippen molar-refractivity contribution in [1.82, 2.24) is 9.97 Å². The van der Waals surface area contributed by atoms with Crippen molar-refractivity contribution in [3.8, 4) is 0 Å². The highest BCUT2D eigenvalue weighted by molar-refractivity contribution is 5.85. The Labute approximate surface area is 113 Å². The molecule has 0 unspecified atom stereocenters. The van der Waals surface area contributed by atoms with Crippen LogP contribution in [0.4, 0.5) is 5.82 Å². The predicted molar refractivity (Wildman–Crippen MR) is 76.2 cm³/mol. The molecule has 0 radical (unpaired) electrons. The molecular weight excluding hydrogens is 248 g/mol. The van der Waals surface area contributed by atoms with Gasteiger partial charge in [-0.25, -0.2) is 4.98 Å². The number of hydrogen-bond donors (Lipinski definition) is 1. The van der Waals surface area contributed by atoms with Gasteiger partial charge < -0.3 is 10.6 Å². The summed E-state index contributed by atoms with van der Waals surface area (Å²) in [6.07, 6.45) is 3.93. The van der Waals surface area contributed by atoms with Crippen molar-refractivity contribution in [3.05, 3.63) is 30.5 Å². The van der Waals surface area contributed by atoms with Crippen molar-refractivity contribution in [2.45, 2.75) is 18.9 Å². The van der Waals surface area contributed by atoms with Crippen LogP contribution in [0.2, 0.25) is 0 Å². The van der Waals surface area contributed by atoms with E-state index < -0.39 is 0 Å². The lowest BCUT2D eigenvalue weighted by atomic mass is 10.1. The summed E-state index contributed by atoms with van der Waals surface area (Å²) in [5.41, 5.74) is 7.81. The minimum atomic E-state index is 0. The second kappa shape index (κ2) is 5.50. The van der Waals surface area contributed by atoms with E-state index in [9.17, 15) is 0 Å². The van der Waals surface area contributed by atoms with E-state index >= 15 is 0 Å². The number of piperidine rings is 1. The number of aromatic nitrogens is 2. The van der Waals surface area contributed by atoms with Crippen molar-refractivity contribution in [2.75, 3.05) is 18.0 Å². The standard InChI is InChI=1S/C13H16N4.ClH/c14-10-5-7-17(8-6-10)13-9-15-11-3-1-2-4-12(11)16-13;/h1-4,9-10H,5-8,14H2;1H. The first-order chi connectivity index (χ1) is 8.33. The number of nitrogens with two attached hydrogens (primary N) is 1. The summed E-state index contributed by atoms with van der Waals surface area (Å²) >= 11 is 0. The summed E-state index contributed by atoms with van der Waals surface area (Å²) in [4.78, 5) is 11.4. The van der Waals surface area contributed by atoms with Crippen LogP contribution in [0.3, 0.4) is 0 Å². The minimum absolute atomic E-state index is 0. The first kappa shape index (κ1) is 13.1. The highest BCUT2D eigenvalue weighted by Gasteiger charge is 2.17. The molecule has 1 aliphatic rings. The fraction of sp³-hybridized carbons (Fsp3) is 0.385. The quantitative estimate of drug-likeness (QED) is 0.856. The second-order valence-corrected chi connectivity index (χ2v) is 4.54. The summed E-state index contributed by atoms with van der Waals surface area (Å²) in [6, 6.07) is 8.31. The maximum Gasteiger partial charge on any atom is 0.147 e. The van der Waals surface area contributed by atoms with Crippen LogP contribution in [-0.2, 0) is 0 Å². The van der Waals surface area contributed by atoms with Gasteiger partial charge in [0.15, 0.2) is 0 Å². The number of benzene rings is 1. The number of hydrogen-bond acceptors (Lipinski definition) is 4. The lowest BCUT2D eigenvalue weighted by molar-refractivity contribution is 0.498. The number of para-hydroxylation sites is 2. The lowest BCUT2D eigenvalue weighted by Crippen LogP contribution is -2.40. The normalized spacial score (nSPS) is 16.6. The smallest absolute Gasteiger partial charge is 0.147 e. The maximum atomic E-state index is 5.90. The summed E-state index contributed by atoms with van der Waals surface area (Å²) in [5, 5.41) is 0. The Bertz CT molecular complexity index is 523. The number of rotatable bonds is 1. The van der Waals surface area contributed by atoms with Crippen LogP contribution in [0.25, 0.3) is 11.0 Å². The van der Waals surface area contributed by atoms with Crippen molar-refractivity contribution in [2.24, 2.45) is 5.73 Å². The van der Waals surface area contributed by atoms with Gasteiger partial charge in [0.1, 0.15) is 5.82 Å². The molecule has 2 heterocycles. The summed E-state index contributed by atoms with van der Waals surface area (Å²) < 4.78 is 0. The topological polar surface area (TPSA) is 55.0 Å². The van der Waals surface area contributed by atoms with Crippen LogP contribution in [0, 0.1) is 0 Å². The molecule has 0 spiro atoms. The van der Waals surface area contributed by atoms with E-state index in [4.69, 9.17) is 5.73 Å². The number of nitrogens with zero attached hydrogens (tertiary/aromatic N) is 3. The van der Waals surface area contributed by atoms with Crippen LogP contribution >= 0.6 is 12.4 Å². The maximum absolute atomic E-state index is 5.90. The molecule has 1 aromatic heterocycles. The highest BCUT2D eigenvalue weighted by atomic mass is 35.5. The summed E-state index contributed by atoms with van der Waals surface area (Å²) in [6.45, 7) is 1.96. The molecule has 4 nitrogen and oxygen atoms in total. The van der Waals surface area contributed by atoms with E-state index in [0.717, 1.165) is 42.8 Å². The molecule has 5 heteroatoms. The molecule has 2 N–H and O–H groups in total. The molecule has 1 fully saturated rings. The third-order valence-electron chi connectivity index (χ3n) is 3.30. The van der Waals surface area contributed by atoms with Gasteiger partial charge in [-0.1, -0.05) is 12.1 Å². The third-order valence-corrected chi connectivity index (χ3v) is 3.30. The van der Waals surface area contributed by atoms with Gasteiger partial charge in [0, 0.05) is 19.1 Å². The molecule has 0 saturated carbocycles. The Morgan fingerprint density at radius 2 is 1.78 bits per heavy atom. The fourth-order valence-electron chi connectivity index (χ4n) is 2.23. The SMILES string of the molecule is Cl.NC1CCN(c2cnc3ccccc3n2)CC1. The first-order valence-corrected chi connectivity index (χ1v) is 6.05. The molecular formula is C13H17ClN4. The van der Waals surface area contributed by atoms with Crippen LogP contribution in [-0.4, -0.2) is 29.1 Å². The molecule has 1 aliphatic heterocycles. The van der Waals surface area contributed by atoms with E-state index in [1.165, 1.54) is 0 Å². The Kier molecular flexibility index (Phi) is 3.99. The van der Waals surface area contributed by atoms with Crippen molar-refractivity contribution in [1.29, 1.82) is 0 Å². The van der Waals surface area contributed by atoms with Crippen molar-refractivity contribution in [3.63, 3.8) is 0 Å². The largest absolute Gasteiger partial charge is 0.355 e. The zero-order valence-corrected chi connectivity index (χ0v) is 10.9. The first-order valence-electron chi connectivity index (χ1n) is 6.05. The van der Waals surface area contributed by atoms with Gasteiger partial charge in [-0.15, -0.1) is 12.4 Å². The van der Waals surface area contributed by atoms with Gasteiger partial charge in [0.2, 0.25) is 0 Å². The second-order valence-electron chi connectivity index (χ2n) is 4.54. The van der Waals surface area contributed by atoms with E-state index in [1.54, 1.807) is 0 Å². The fourth-order valence-corrected chi connectivity index (χ4v) is 2.23. The van der Waals surface area contributed by atoms with Gasteiger partial charge in [-0.05, 0) is 25.0 Å². The van der Waals surface area contributed by atoms with Crippen molar-refractivity contribution < 1.29 is 0 Å². The predicted octanol–water partition coefficient (Wildman–Crippen LogP) is 1.98. The molecule has 2 aromatic rings. The monoisotopic (exact) mass is 264 g/mol. The van der Waals surface area contributed by atoms with E-state index in [-0.39, 0.29) is 12.4 Å². The van der Waals surface area contributed by atoms with Gasteiger partial charge in [-0.2, -0.15) is 0 Å². The van der Waals surface area contributed by atoms with Crippen LogP contribution in [0.5, 0.6) is 0 Å². The zero-order chi connectivity index (χ0) is 11.7. The summed E-state index contributed by atoms with van der Waals surface area (Å²) in [5.74, 6) is 0.968. The van der Waals surface area contributed by atoms with Crippen LogP contribution in [0.1, 0.15) is 12.8 Å². The Morgan fingerprint density at radius 3 is 2.50 bits per heavy atom. The molecule has 18 heavy (non-hydrogen) atoms. The van der Waals surface area contributed by atoms with Gasteiger partial charge in [0.05, 0.1) is 17.2 Å². The van der Waals surface area contributed by atoms with Gasteiger partial charge in [-0.3, -0.25) is 4.98 Å². The average molecular weight is 265 g/mol. The average Bonchev–Trinajstić information content (AvgIpc) is 2.39. The molecule has 1 aromatic carbocycles. The molecule has 3 rings (SSSR count). The number of fused-ring (bicyclic) bond motifs is 1. The molecule has 0 atom stereocenters. The molecule has 96 valence electrons. The third kappa shape index (κ3) is 2.54. The highest BCUT2D eigenvalue weighted by Crippen LogP contribution is 2.18. The number of anilines is 1. The van der Waals surface area contributed by atoms with E-state index in [0.29, 0.717) is 6.04 Å². The molecule has 1 saturated heterocycles. The lowest BCUT2D eigenvalue weighted by Gasteiger charge is -2.30. The molecule has 0 bridgehead atoms. The minimum Gasteiger partial charge on any atom is -0.355 e. The van der Waals surface area contributed by atoms with Gasteiger partial charge >= 0.3 is 0 Å². The van der Waals surface area contributed by atoms with Crippen LogP contribution < -0.4 is 10.6 Å².